The molecule has 28 heavy (non-hydrogen) atoms. The molecule has 0 aromatic carbocycles. The first-order valence-corrected chi connectivity index (χ1v) is 10.5. The van der Waals surface area contributed by atoms with Crippen LogP contribution >= 0.6 is 0 Å². The lowest BCUT2D eigenvalue weighted by atomic mass is 10.1. The minimum Gasteiger partial charge on any atom is -0.368 e. The molecule has 7 nitrogen and oxygen atoms in total. The summed E-state index contributed by atoms with van der Waals surface area (Å²) in [6.07, 6.45) is 2.60. The fourth-order valence-corrected chi connectivity index (χ4v) is 2.00. The summed E-state index contributed by atoms with van der Waals surface area (Å²) in [7, 11) is 0. The topological polar surface area (TPSA) is 105 Å². The highest BCUT2D eigenvalue weighted by molar-refractivity contribution is 5.89. The van der Waals surface area contributed by atoms with Crippen LogP contribution in [0.15, 0.2) is 0 Å². The van der Waals surface area contributed by atoms with E-state index >= 15 is 0 Å². The summed E-state index contributed by atoms with van der Waals surface area (Å²) in [6.45, 7) is 20.7. The van der Waals surface area contributed by atoms with E-state index < -0.39 is 18.0 Å². The second kappa shape index (κ2) is 17.3. The van der Waals surface area contributed by atoms with Gasteiger partial charge in [0.2, 0.25) is 11.8 Å². The number of carbonyl (C=O) groups is 3. The van der Waals surface area contributed by atoms with E-state index in [9.17, 15) is 14.4 Å². The van der Waals surface area contributed by atoms with E-state index in [1.807, 2.05) is 34.6 Å². The molecule has 1 fully saturated rings. The smallest absolute Gasteiger partial charge is 0.315 e. The lowest BCUT2D eigenvalue weighted by molar-refractivity contribution is -0.136. The van der Waals surface area contributed by atoms with E-state index in [1.54, 1.807) is 0 Å². The predicted molar refractivity (Wildman–Crippen MR) is 118 cm³/mol. The van der Waals surface area contributed by atoms with E-state index in [4.69, 9.17) is 5.73 Å². The largest absolute Gasteiger partial charge is 0.368 e. The molecule has 1 atom stereocenters. The molecule has 0 aromatic rings. The number of primary amides is 1. The van der Waals surface area contributed by atoms with Crippen LogP contribution in [0.1, 0.15) is 88.5 Å². The van der Waals surface area contributed by atoms with Crippen molar-refractivity contribution in [1.82, 2.24) is 15.5 Å². The molecular weight excluding hydrogens is 356 g/mol. The van der Waals surface area contributed by atoms with Crippen LogP contribution in [-0.4, -0.2) is 47.4 Å². The molecule has 0 saturated carbocycles. The van der Waals surface area contributed by atoms with E-state index in [1.165, 1.54) is 11.3 Å². The van der Waals surface area contributed by atoms with Crippen molar-refractivity contribution in [1.29, 1.82) is 0 Å². The second-order valence-electron chi connectivity index (χ2n) is 8.14. The Kier molecular flexibility index (Phi) is 19.1. The fraction of sp³-hybridized carbons (Fsp3) is 0.857. The van der Waals surface area contributed by atoms with Gasteiger partial charge in [0.15, 0.2) is 0 Å². The first-order valence-electron chi connectivity index (χ1n) is 10.5. The molecule has 7 heteroatoms. The molecule has 1 unspecified atom stereocenters. The first kappa shape index (κ1) is 30.9. The molecule has 0 spiro atoms. The van der Waals surface area contributed by atoms with Crippen molar-refractivity contribution in [3.05, 3.63) is 0 Å². The summed E-state index contributed by atoms with van der Waals surface area (Å²) in [6, 6.07) is -0.948. The lowest BCUT2D eigenvalue weighted by Gasteiger charge is -2.24. The average molecular weight is 403 g/mol. The van der Waals surface area contributed by atoms with Crippen LogP contribution in [0.3, 0.4) is 0 Å². The predicted octanol–water partition coefficient (Wildman–Crippen LogP) is 3.67. The fourth-order valence-electron chi connectivity index (χ4n) is 2.00. The molecule has 0 aromatic heterocycles. The SMILES string of the molecule is CC.CC(C)(C)NC(=O)NCC(=O)N1CCCC1C(N)=O.CC(C)C.CCC. The molecule has 0 radical (unpaired) electrons. The van der Waals surface area contributed by atoms with E-state index in [0.29, 0.717) is 13.0 Å². The van der Waals surface area contributed by atoms with Crippen LogP contribution in [0.2, 0.25) is 0 Å². The number of hydrogen-bond donors (Lipinski definition) is 3. The van der Waals surface area contributed by atoms with Crippen molar-refractivity contribution in [2.24, 2.45) is 11.7 Å². The van der Waals surface area contributed by atoms with Crippen molar-refractivity contribution < 1.29 is 14.4 Å². The van der Waals surface area contributed by atoms with Gasteiger partial charge in [0, 0.05) is 12.1 Å². The Morgan fingerprint density at radius 2 is 1.54 bits per heavy atom. The van der Waals surface area contributed by atoms with E-state index in [0.717, 1.165) is 12.3 Å². The standard InChI is InChI=1S/C12H22N4O3.C4H10.C3H8.C2H6/c1-12(2,3)15-11(19)14-7-9(17)16-6-4-5-8(16)10(13)18;1-4(2)3;1-3-2;1-2/h8H,4-7H2,1-3H3,(H2,13,18)(H2,14,15,19);4H,1-3H3;3H2,1-2H3;1-2H3. The number of urea groups is 1. The third-order valence-electron chi connectivity index (χ3n) is 2.79. The van der Waals surface area contributed by atoms with Gasteiger partial charge >= 0.3 is 6.03 Å². The molecule has 1 rings (SSSR count). The van der Waals surface area contributed by atoms with Crippen LogP contribution in [0.25, 0.3) is 0 Å². The highest BCUT2D eigenvalue weighted by Gasteiger charge is 2.32. The Morgan fingerprint density at radius 1 is 1.11 bits per heavy atom. The van der Waals surface area contributed by atoms with Crippen LogP contribution in [-0.2, 0) is 9.59 Å². The Hall–Kier alpha value is -1.79. The molecule has 0 aliphatic carbocycles. The normalized spacial score (nSPS) is 15.1. The van der Waals surface area contributed by atoms with Gasteiger partial charge in [-0.15, -0.1) is 0 Å². The molecule has 1 aliphatic rings. The monoisotopic (exact) mass is 402 g/mol. The lowest BCUT2D eigenvalue weighted by Crippen LogP contribution is -2.51. The maximum Gasteiger partial charge on any atom is 0.315 e. The van der Waals surface area contributed by atoms with Gasteiger partial charge in [-0.05, 0) is 39.5 Å². The minimum atomic E-state index is -0.542. The summed E-state index contributed by atoms with van der Waals surface area (Å²) < 4.78 is 0. The molecule has 4 amide bonds. The third kappa shape index (κ3) is 19.0. The molecule has 1 aliphatic heterocycles. The summed E-state index contributed by atoms with van der Waals surface area (Å²) in [5.41, 5.74) is 4.87. The minimum absolute atomic E-state index is 0.133. The van der Waals surface area contributed by atoms with Gasteiger partial charge in [-0.3, -0.25) is 9.59 Å². The summed E-state index contributed by atoms with van der Waals surface area (Å²) in [5.74, 6) is 0.0513. The van der Waals surface area contributed by atoms with E-state index in [-0.39, 0.29) is 18.0 Å². The highest BCUT2D eigenvalue weighted by Crippen LogP contribution is 2.16. The second-order valence-corrected chi connectivity index (χ2v) is 8.14. The zero-order valence-electron chi connectivity index (χ0n) is 19.9. The van der Waals surface area contributed by atoms with Gasteiger partial charge in [-0.1, -0.05) is 54.9 Å². The number of hydrogen-bond acceptors (Lipinski definition) is 3. The van der Waals surface area contributed by atoms with Crippen molar-refractivity contribution in [3.63, 3.8) is 0 Å². The van der Waals surface area contributed by atoms with Crippen LogP contribution in [0.4, 0.5) is 4.79 Å². The van der Waals surface area contributed by atoms with Crippen molar-refractivity contribution >= 4 is 17.8 Å². The van der Waals surface area contributed by atoms with Gasteiger partial charge in [0.25, 0.3) is 0 Å². The maximum atomic E-state index is 11.9. The Labute approximate surface area is 173 Å². The van der Waals surface area contributed by atoms with Crippen LogP contribution < -0.4 is 16.4 Å². The quantitative estimate of drug-likeness (QED) is 0.671. The van der Waals surface area contributed by atoms with Crippen molar-refractivity contribution in [3.8, 4) is 0 Å². The zero-order chi connectivity index (χ0) is 22.9. The van der Waals surface area contributed by atoms with Gasteiger partial charge in [0.1, 0.15) is 6.04 Å². The molecular formula is C21H46N4O3. The Bertz CT molecular complexity index is 429. The number of nitrogens with zero attached hydrogens (tertiary/aromatic N) is 1. The van der Waals surface area contributed by atoms with Crippen LogP contribution in [0, 0.1) is 5.92 Å². The van der Waals surface area contributed by atoms with Crippen molar-refractivity contribution in [2.45, 2.75) is 100 Å². The molecule has 4 N–H and O–H groups in total. The van der Waals surface area contributed by atoms with E-state index in [2.05, 4.69) is 45.3 Å². The molecule has 0 bridgehead atoms. The number of rotatable bonds is 3. The molecule has 1 heterocycles. The average Bonchev–Trinajstić information content (AvgIpc) is 3.03. The zero-order valence-corrected chi connectivity index (χ0v) is 19.9. The number of nitrogens with one attached hydrogen (secondary N) is 2. The maximum absolute atomic E-state index is 11.9. The third-order valence-corrected chi connectivity index (χ3v) is 2.79. The summed E-state index contributed by atoms with van der Waals surface area (Å²) >= 11 is 0. The van der Waals surface area contributed by atoms with Crippen LogP contribution in [0.5, 0.6) is 0 Å². The molecule has 168 valence electrons. The molecule has 1 saturated heterocycles. The number of amides is 4. The van der Waals surface area contributed by atoms with Gasteiger partial charge in [-0.25, -0.2) is 4.79 Å². The Morgan fingerprint density at radius 3 is 1.89 bits per heavy atom. The van der Waals surface area contributed by atoms with Gasteiger partial charge in [-0.2, -0.15) is 0 Å². The number of nitrogens with two attached hydrogens (primary N) is 1. The van der Waals surface area contributed by atoms with Crippen molar-refractivity contribution in [2.75, 3.05) is 13.1 Å². The number of likely N-dealkylation sites (tertiary alicyclic amines) is 1. The van der Waals surface area contributed by atoms with Gasteiger partial charge in [0.05, 0.1) is 6.54 Å². The summed E-state index contributed by atoms with van der Waals surface area (Å²) in [5, 5.41) is 5.17. The summed E-state index contributed by atoms with van der Waals surface area (Å²) in [4.78, 5) is 36.0. The Balaban J connectivity index is -0.000000589. The van der Waals surface area contributed by atoms with Gasteiger partial charge < -0.3 is 21.3 Å². The number of carbonyl (C=O) groups excluding carboxylic acids is 3. The first-order chi connectivity index (χ1) is 12.9. The highest BCUT2D eigenvalue weighted by atomic mass is 16.2.